The lowest BCUT2D eigenvalue weighted by atomic mass is 10.2. The Morgan fingerprint density at radius 3 is 2.90 bits per heavy atom. The number of hydrogen-bond donors (Lipinski definition) is 2. The zero-order valence-corrected chi connectivity index (χ0v) is 13.2. The summed E-state index contributed by atoms with van der Waals surface area (Å²) >= 11 is 3.24. The first-order valence-corrected chi connectivity index (χ1v) is 7.46. The van der Waals surface area contributed by atoms with E-state index in [1.807, 2.05) is 6.92 Å². The lowest BCUT2D eigenvalue weighted by molar-refractivity contribution is 0.0696. The van der Waals surface area contributed by atoms with Crippen LogP contribution >= 0.6 is 15.9 Å². The number of benzene rings is 1. The summed E-state index contributed by atoms with van der Waals surface area (Å²) < 4.78 is 6.10. The van der Waals surface area contributed by atoms with Gasteiger partial charge in [0.25, 0.3) is 0 Å². The summed E-state index contributed by atoms with van der Waals surface area (Å²) in [5.74, 6) is -1.04. The van der Waals surface area contributed by atoms with Crippen molar-refractivity contribution in [2.75, 3.05) is 25.0 Å². The van der Waals surface area contributed by atoms with E-state index in [-0.39, 0.29) is 17.7 Å². The second-order valence-corrected chi connectivity index (χ2v) is 5.86. The molecule has 2 N–H and O–H groups in total. The van der Waals surface area contributed by atoms with Crippen LogP contribution in [-0.4, -0.2) is 47.8 Å². The van der Waals surface area contributed by atoms with E-state index in [0.717, 1.165) is 6.42 Å². The third kappa shape index (κ3) is 4.44. The summed E-state index contributed by atoms with van der Waals surface area (Å²) in [6.45, 7) is 3.71. The van der Waals surface area contributed by atoms with Gasteiger partial charge < -0.3 is 20.1 Å². The maximum atomic E-state index is 12.3. The molecule has 7 heteroatoms. The minimum atomic E-state index is -1.04. The number of urea groups is 1. The Bertz CT molecular complexity index is 550. The first-order chi connectivity index (χ1) is 9.95. The first-order valence-electron chi connectivity index (χ1n) is 6.67. The van der Waals surface area contributed by atoms with E-state index in [9.17, 15) is 9.59 Å². The second-order valence-electron chi connectivity index (χ2n) is 4.94. The van der Waals surface area contributed by atoms with Crippen LogP contribution in [0, 0.1) is 0 Å². The van der Waals surface area contributed by atoms with Crippen molar-refractivity contribution in [3.05, 3.63) is 28.2 Å². The van der Waals surface area contributed by atoms with Crippen LogP contribution in [-0.2, 0) is 4.74 Å². The average Bonchev–Trinajstić information content (AvgIpc) is 2.62. The molecule has 1 saturated heterocycles. The fourth-order valence-electron chi connectivity index (χ4n) is 2.17. The Hall–Kier alpha value is -1.60. The summed E-state index contributed by atoms with van der Waals surface area (Å²) in [6.07, 6.45) is 0.784. The third-order valence-corrected chi connectivity index (χ3v) is 3.59. The van der Waals surface area contributed by atoms with Crippen molar-refractivity contribution in [2.24, 2.45) is 0 Å². The Morgan fingerprint density at radius 1 is 1.43 bits per heavy atom. The van der Waals surface area contributed by atoms with Crippen molar-refractivity contribution in [3.8, 4) is 0 Å². The summed E-state index contributed by atoms with van der Waals surface area (Å²) in [5.41, 5.74) is 0.567. The number of hydrogen-bond acceptors (Lipinski definition) is 3. The standard InChI is InChI=1S/C14H17BrN2O4/c1-9-8-17(3-2-4-21-9)14(20)16-12-6-10(13(18)19)5-11(15)7-12/h5-7,9H,2-4,8H2,1H3,(H,16,20)(H,18,19). The van der Waals surface area contributed by atoms with Crippen LogP contribution in [0.15, 0.2) is 22.7 Å². The van der Waals surface area contributed by atoms with Crippen molar-refractivity contribution in [2.45, 2.75) is 19.4 Å². The monoisotopic (exact) mass is 356 g/mol. The first kappa shape index (κ1) is 15.8. The molecular formula is C14H17BrN2O4. The highest BCUT2D eigenvalue weighted by atomic mass is 79.9. The van der Waals surface area contributed by atoms with Gasteiger partial charge in [0.05, 0.1) is 11.7 Å². The highest BCUT2D eigenvalue weighted by Crippen LogP contribution is 2.20. The maximum Gasteiger partial charge on any atom is 0.335 e. The molecule has 0 bridgehead atoms. The molecule has 1 atom stereocenters. The smallest absolute Gasteiger partial charge is 0.335 e. The minimum absolute atomic E-state index is 0.00431. The molecule has 0 saturated carbocycles. The van der Waals surface area contributed by atoms with Gasteiger partial charge in [0.15, 0.2) is 0 Å². The number of carboxylic acids is 1. The van der Waals surface area contributed by atoms with Crippen molar-refractivity contribution < 1.29 is 19.4 Å². The zero-order valence-electron chi connectivity index (χ0n) is 11.6. The number of rotatable bonds is 2. The Labute approximate surface area is 131 Å². The van der Waals surface area contributed by atoms with Gasteiger partial charge >= 0.3 is 12.0 Å². The van der Waals surface area contributed by atoms with Crippen LogP contribution in [0.3, 0.4) is 0 Å². The van der Waals surface area contributed by atoms with E-state index in [1.54, 1.807) is 11.0 Å². The van der Waals surface area contributed by atoms with E-state index in [4.69, 9.17) is 9.84 Å². The molecule has 2 amide bonds. The third-order valence-electron chi connectivity index (χ3n) is 3.14. The summed E-state index contributed by atoms with van der Waals surface area (Å²) in [6, 6.07) is 4.34. The molecule has 0 radical (unpaired) electrons. The summed E-state index contributed by atoms with van der Waals surface area (Å²) in [5, 5.41) is 11.8. The Morgan fingerprint density at radius 2 is 2.19 bits per heavy atom. The predicted octanol–water partition coefficient (Wildman–Crippen LogP) is 2.79. The molecule has 2 rings (SSSR count). The van der Waals surface area contributed by atoms with Crippen molar-refractivity contribution in [1.82, 2.24) is 4.90 Å². The quantitative estimate of drug-likeness (QED) is 0.853. The van der Waals surface area contributed by atoms with Gasteiger partial charge in [-0.1, -0.05) is 15.9 Å². The molecule has 1 aliphatic heterocycles. The van der Waals surface area contributed by atoms with E-state index in [0.29, 0.717) is 29.9 Å². The SMILES string of the molecule is CC1CN(C(=O)Nc2cc(Br)cc(C(=O)O)c2)CCCO1. The molecule has 0 aliphatic carbocycles. The number of anilines is 1. The number of nitrogens with one attached hydrogen (secondary N) is 1. The van der Waals surface area contributed by atoms with Crippen LogP contribution in [0.2, 0.25) is 0 Å². The number of amides is 2. The number of carboxylic acid groups (broad SMARTS) is 1. The maximum absolute atomic E-state index is 12.3. The highest BCUT2D eigenvalue weighted by Gasteiger charge is 2.20. The molecule has 1 aromatic rings. The fraction of sp³-hybridized carbons (Fsp3) is 0.429. The van der Waals surface area contributed by atoms with Crippen LogP contribution in [0.4, 0.5) is 10.5 Å². The number of aromatic carboxylic acids is 1. The van der Waals surface area contributed by atoms with Gasteiger partial charge in [0.2, 0.25) is 0 Å². The highest BCUT2D eigenvalue weighted by molar-refractivity contribution is 9.10. The van der Waals surface area contributed by atoms with E-state index in [2.05, 4.69) is 21.2 Å². The van der Waals surface area contributed by atoms with Crippen LogP contribution < -0.4 is 5.32 Å². The predicted molar refractivity (Wildman–Crippen MR) is 81.7 cm³/mol. The molecule has 21 heavy (non-hydrogen) atoms. The topological polar surface area (TPSA) is 78.9 Å². The number of nitrogens with zero attached hydrogens (tertiary/aromatic N) is 1. The second kappa shape index (κ2) is 6.91. The van der Waals surface area contributed by atoms with Gasteiger partial charge in [0, 0.05) is 29.9 Å². The molecule has 1 aliphatic rings. The van der Waals surface area contributed by atoms with Crippen molar-refractivity contribution in [3.63, 3.8) is 0 Å². The number of carbonyl (C=O) groups excluding carboxylic acids is 1. The molecule has 0 spiro atoms. The molecule has 1 unspecified atom stereocenters. The average molecular weight is 357 g/mol. The summed E-state index contributed by atoms with van der Waals surface area (Å²) in [4.78, 5) is 25.0. The van der Waals surface area contributed by atoms with Gasteiger partial charge in [-0.25, -0.2) is 9.59 Å². The number of ether oxygens (including phenoxy) is 1. The van der Waals surface area contributed by atoms with Gasteiger partial charge in [-0.05, 0) is 31.5 Å². The summed E-state index contributed by atoms with van der Waals surface area (Å²) in [7, 11) is 0. The van der Waals surface area contributed by atoms with Crippen molar-refractivity contribution in [1.29, 1.82) is 0 Å². The molecule has 1 fully saturated rings. The van der Waals surface area contributed by atoms with Gasteiger partial charge in [-0.15, -0.1) is 0 Å². The molecule has 6 nitrogen and oxygen atoms in total. The number of halogens is 1. The van der Waals surface area contributed by atoms with Gasteiger partial charge in [-0.3, -0.25) is 0 Å². The van der Waals surface area contributed by atoms with Gasteiger partial charge in [-0.2, -0.15) is 0 Å². The van der Waals surface area contributed by atoms with Crippen molar-refractivity contribution >= 4 is 33.6 Å². The molecule has 0 aromatic heterocycles. The molecule has 1 aromatic carbocycles. The largest absolute Gasteiger partial charge is 0.478 e. The Kier molecular flexibility index (Phi) is 5.19. The van der Waals surface area contributed by atoms with Crippen LogP contribution in [0.25, 0.3) is 0 Å². The normalized spacial score (nSPS) is 19.0. The molecule has 114 valence electrons. The lowest BCUT2D eigenvalue weighted by Gasteiger charge is -2.22. The lowest BCUT2D eigenvalue weighted by Crippen LogP contribution is -2.38. The van der Waals surface area contributed by atoms with E-state index in [1.165, 1.54) is 12.1 Å². The number of carbonyl (C=O) groups is 2. The van der Waals surface area contributed by atoms with E-state index < -0.39 is 5.97 Å². The van der Waals surface area contributed by atoms with Crippen LogP contribution in [0.5, 0.6) is 0 Å². The Balaban J connectivity index is 2.09. The fourth-order valence-corrected chi connectivity index (χ4v) is 2.66. The zero-order chi connectivity index (χ0) is 15.4. The van der Waals surface area contributed by atoms with E-state index >= 15 is 0 Å². The van der Waals surface area contributed by atoms with Gasteiger partial charge in [0.1, 0.15) is 0 Å². The van der Waals surface area contributed by atoms with Crippen LogP contribution in [0.1, 0.15) is 23.7 Å². The molecule has 1 heterocycles. The minimum Gasteiger partial charge on any atom is -0.478 e. The molecular weight excluding hydrogens is 340 g/mol.